The van der Waals surface area contributed by atoms with Crippen molar-refractivity contribution in [2.75, 3.05) is 13.2 Å². The Kier molecular flexibility index (Phi) is 9.37. The van der Waals surface area contributed by atoms with Crippen molar-refractivity contribution in [1.29, 1.82) is 0 Å². The number of hydrogen-bond donors (Lipinski definition) is 2. The molecule has 1 heterocycles. The lowest BCUT2D eigenvalue weighted by Gasteiger charge is -2.21. The molecule has 0 saturated carbocycles. The van der Waals surface area contributed by atoms with Gasteiger partial charge in [0.2, 0.25) is 12.3 Å². The van der Waals surface area contributed by atoms with E-state index in [9.17, 15) is 14.7 Å². The Hall–Kier alpha value is -3.35. The number of carboxylic acid groups (broad SMARTS) is 1. The molecule has 1 aliphatic rings. The van der Waals surface area contributed by atoms with Crippen LogP contribution in [0.15, 0.2) is 60.7 Å². The lowest BCUT2D eigenvalue weighted by Crippen LogP contribution is -2.40. The number of carboxylic acids is 1. The third-order valence-corrected chi connectivity index (χ3v) is 4.97. The third-order valence-electron chi connectivity index (χ3n) is 4.97. The Morgan fingerprint density at radius 1 is 1.07 bits per heavy atom. The average Bonchev–Trinajstić information content (AvgIpc) is 3.21. The van der Waals surface area contributed by atoms with Crippen LogP contribution in [0.4, 0.5) is 0 Å². The Morgan fingerprint density at radius 2 is 1.67 bits per heavy atom. The highest BCUT2D eigenvalue weighted by Gasteiger charge is 2.39. The molecule has 2 unspecified atom stereocenters. The molecule has 160 valence electrons. The summed E-state index contributed by atoms with van der Waals surface area (Å²) in [5.74, 6) is -0.104. The van der Waals surface area contributed by atoms with Gasteiger partial charge in [-0.05, 0) is 37.0 Å². The minimum absolute atomic E-state index is 0.0812. The second-order valence-electron chi connectivity index (χ2n) is 7.00. The summed E-state index contributed by atoms with van der Waals surface area (Å²) in [6, 6.07) is 18.7. The van der Waals surface area contributed by atoms with E-state index in [-0.39, 0.29) is 18.2 Å². The van der Waals surface area contributed by atoms with Gasteiger partial charge in [-0.25, -0.2) is 4.79 Å². The van der Waals surface area contributed by atoms with Crippen molar-refractivity contribution in [2.24, 2.45) is 5.73 Å². The predicted octanol–water partition coefficient (Wildman–Crippen LogP) is 2.81. The molecule has 1 aliphatic heterocycles. The maximum absolute atomic E-state index is 12.6. The zero-order valence-electron chi connectivity index (χ0n) is 16.9. The van der Waals surface area contributed by atoms with Crippen LogP contribution in [-0.4, -0.2) is 47.5 Å². The van der Waals surface area contributed by atoms with E-state index >= 15 is 0 Å². The molecule has 0 radical (unpaired) electrons. The number of likely N-dealkylation sites (tertiary alicyclic amines) is 1. The largest absolute Gasteiger partial charge is 0.494 e. The van der Waals surface area contributed by atoms with Crippen LogP contribution in [0.25, 0.3) is 0 Å². The van der Waals surface area contributed by atoms with E-state index in [0.717, 1.165) is 17.7 Å². The molecule has 2 aromatic rings. The van der Waals surface area contributed by atoms with Gasteiger partial charge in [0, 0.05) is 18.9 Å². The number of amides is 2. The fourth-order valence-electron chi connectivity index (χ4n) is 3.54. The Morgan fingerprint density at radius 3 is 2.27 bits per heavy atom. The number of para-hydroxylation sites is 1. The van der Waals surface area contributed by atoms with Crippen LogP contribution >= 0.6 is 0 Å². The van der Waals surface area contributed by atoms with Crippen molar-refractivity contribution in [2.45, 2.75) is 37.6 Å². The highest BCUT2D eigenvalue weighted by atomic mass is 16.5. The highest BCUT2D eigenvalue weighted by Crippen LogP contribution is 2.32. The van der Waals surface area contributed by atoms with Gasteiger partial charge in [-0.1, -0.05) is 48.5 Å². The normalized spacial score (nSPS) is 17.5. The van der Waals surface area contributed by atoms with Gasteiger partial charge in [0.25, 0.3) is 0 Å². The SMILES string of the molecule is NC=O.O=C(O)C1CC(c2ccccc2)CN1C(=O)CCCCOc1ccccc1. The zero-order valence-corrected chi connectivity index (χ0v) is 16.9. The van der Waals surface area contributed by atoms with Crippen LogP contribution in [0.2, 0.25) is 0 Å². The Labute approximate surface area is 176 Å². The molecule has 0 bridgehead atoms. The van der Waals surface area contributed by atoms with Crippen molar-refractivity contribution < 1.29 is 24.2 Å². The van der Waals surface area contributed by atoms with Crippen molar-refractivity contribution in [3.05, 3.63) is 66.2 Å². The number of aliphatic carboxylic acids is 1. The molecule has 0 spiro atoms. The van der Waals surface area contributed by atoms with Crippen LogP contribution in [0.1, 0.15) is 37.2 Å². The van der Waals surface area contributed by atoms with Crippen LogP contribution in [0.3, 0.4) is 0 Å². The van der Waals surface area contributed by atoms with E-state index in [2.05, 4.69) is 5.73 Å². The first kappa shape index (κ1) is 22.9. The molecule has 1 saturated heterocycles. The molecule has 3 rings (SSSR count). The molecule has 2 amide bonds. The molecule has 0 aliphatic carbocycles. The van der Waals surface area contributed by atoms with E-state index in [1.807, 2.05) is 60.7 Å². The predicted molar refractivity (Wildman–Crippen MR) is 113 cm³/mol. The second-order valence-corrected chi connectivity index (χ2v) is 7.00. The molecular formula is C23H28N2O5. The summed E-state index contributed by atoms with van der Waals surface area (Å²) in [6.07, 6.45) is 2.52. The molecular weight excluding hydrogens is 384 g/mol. The number of carbonyl (C=O) groups is 3. The number of rotatable bonds is 8. The first-order valence-electron chi connectivity index (χ1n) is 9.97. The van der Waals surface area contributed by atoms with E-state index in [4.69, 9.17) is 9.53 Å². The van der Waals surface area contributed by atoms with Crippen molar-refractivity contribution in [1.82, 2.24) is 4.90 Å². The lowest BCUT2D eigenvalue weighted by atomic mass is 9.96. The van der Waals surface area contributed by atoms with Gasteiger partial charge in [0.05, 0.1) is 6.61 Å². The minimum Gasteiger partial charge on any atom is -0.494 e. The van der Waals surface area contributed by atoms with E-state index in [1.165, 1.54) is 4.90 Å². The van der Waals surface area contributed by atoms with Crippen molar-refractivity contribution >= 4 is 18.3 Å². The molecule has 7 heteroatoms. The topological polar surface area (TPSA) is 110 Å². The second kappa shape index (κ2) is 12.3. The van der Waals surface area contributed by atoms with E-state index in [0.29, 0.717) is 32.4 Å². The van der Waals surface area contributed by atoms with Crippen LogP contribution < -0.4 is 10.5 Å². The highest BCUT2D eigenvalue weighted by molar-refractivity contribution is 5.84. The van der Waals surface area contributed by atoms with Gasteiger partial charge in [-0.15, -0.1) is 0 Å². The Balaban J connectivity index is 0.00000101. The summed E-state index contributed by atoms with van der Waals surface area (Å²) in [7, 11) is 0. The number of unbranched alkanes of at least 4 members (excludes halogenated alkanes) is 1. The fourth-order valence-corrected chi connectivity index (χ4v) is 3.54. The van der Waals surface area contributed by atoms with Crippen LogP contribution in [0.5, 0.6) is 5.75 Å². The van der Waals surface area contributed by atoms with E-state index in [1.54, 1.807) is 0 Å². The smallest absolute Gasteiger partial charge is 0.326 e. The number of hydrogen-bond acceptors (Lipinski definition) is 4. The Bertz CT molecular complexity index is 798. The third kappa shape index (κ3) is 6.92. The molecule has 0 aromatic heterocycles. The van der Waals surface area contributed by atoms with Crippen LogP contribution in [-0.2, 0) is 14.4 Å². The molecule has 3 N–H and O–H groups in total. The molecule has 2 atom stereocenters. The monoisotopic (exact) mass is 412 g/mol. The summed E-state index contributed by atoms with van der Waals surface area (Å²) >= 11 is 0. The summed E-state index contributed by atoms with van der Waals surface area (Å²) in [5.41, 5.74) is 5.26. The first-order valence-corrected chi connectivity index (χ1v) is 9.97. The van der Waals surface area contributed by atoms with E-state index < -0.39 is 12.0 Å². The maximum Gasteiger partial charge on any atom is 0.326 e. The van der Waals surface area contributed by atoms with Gasteiger partial charge in [0.15, 0.2) is 0 Å². The number of nitrogens with zero attached hydrogens (tertiary/aromatic N) is 1. The van der Waals surface area contributed by atoms with Crippen molar-refractivity contribution in [3.8, 4) is 5.75 Å². The maximum atomic E-state index is 12.6. The van der Waals surface area contributed by atoms with Gasteiger partial charge < -0.3 is 20.5 Å². The molecule has 2 aromatic carbocycles. The number of carbonyl (C=O) groups excluding carboxylic acids is 2. The fraction of sp³-hybridized carbons (Fsp3) is 0.348. The van der Waals surface area contributed by atoms with Gasteiger partial charge in [0.1, 0.15) is 11.8 Å². The lowest BCUT2D eigenvalue weighted by molar-refractivity contribution is -0.148. The van der Waals surface area contributed by atoms with Crippen LogP contribution in [0, 0.1) is 0 Å². The summed E-state index contributed by atoms with van der Waals surface area (Å²) < 4.78 is 5.63. The van der Waals surface area contributed by atoms with Gasteiger partial charge >= 0.3 is 5.97 Å². The number of primary amides is 1. The number of benzene rings is 2. The molecule has 30 heavy (non-hydrogen) atoms. The first-order chi connectivity index (χ1) is 14.6. The standard InChI is InChI=1S/C22H25NO4.CH3NO/c24-21(13-7-8-14-27-19-11-5-2-6-12-19)23-16-18(15-20(23)22(25)26)17-9-3-1-4-10-17;2-1-3/h1-6,9-12,18,20H,7-8,13-16H2,(H,25,26);1H,(H2,2,3). The summed E-state index contributed by atoms with van der Waals surface area (Å²) in [6.45, 7) is 1.02. The molecule has 1 fully saturated rings. The molecule has 7 nitrogen and oxygen atoms in total. The quantitative estimate of drug-likeness (QED) is 0.512. The van der Waals surface area contributed by atoms with Gasteiger partial charge in [-0.2, -0.15) is 0 Å². The number of ether oxygens (including phenoxy) is 1. The minimum atomic E-state index is -0.922. The number of nitrogens with two attached hydrogens (primary N) is 1. The van der Waals surface area contributed by atoms with Gasteiger partial charge in [-0.3, -0.25) is 9.59 Å². The average molecular weight is 412 g/mol. The zero-order chi connectivity index (χ0) is 21.8. The summed E-state index contributed by atoms with van der Waals surface area (Å²) in [4.78, 5) is 34.3. The summed E-state index contributed by atoms with van der Waals surface area (Å²) in [5, 5.41) is 9.52. The van der Waals surface area contributed by atoms with Crippen molar-refractivity contribution in [3.63, 3.8) is 0 Å².